The normalized spacial score (nSPS) is 10.5. The van der Waals surface area contributed by atoms with Gasteiger partial charge in [-0.3, -0.25) is 0 Å². The summed E-state index contributed by atoms with van der Waals surface area (Å²) in [6, 6.07) is 7.91. The number of anilines is 2. The first-order valence-corrected chi connectivity index (χ1v) is 5.95. The van der Waals surface area contributed by atoms with Crippen LogP contribution in [-0.2, 0) is 9.47 Å². The maximum absolute atomic E-state index is 5.67. The van der Waals surface area contributed by atoms with E-state index >= 15 is 0 Å². The monoisotopic (exact) mass is 238 g/mol. The second-order valence-electron chi connectivity index (χ2n) is 3.78. The Kier molecular flexibility index (Phi) is 6.43. The van der Waals surface area contributed by atoms with E-state index in [9.17, 15) is 0 Å². The molecule has 0 saturated carbocycles. The first kappa shape index (κ1) is 13.8. The Morgan fingerprint density at radius 3 is 2.41 bits per heavy atom. The van der Waals surface area contributed by atoms with Crippen LogP contribution >= 0.6 is 0 Å². The highest BCUT2D eigenvalue weighted by molar-refractivity contribution is 5.52. The van der Waals surface area contributed by atoms with Crippen LogP contribution in [0, 0.1) is 0 Å². The number of nitrogens with zero attached hydrogens (tertiary/aromatic N) is 1. The van der Waals surface area contributed by atoms with E-state index in [0.29, 0.717) is 19.8 Å². The third-order valence-corrected chi connectivity index (χ3v) is 2.58. The molecule has 0 unspecified atom stereocenters. The fourth-order valence-electron chi connectivity index (χ4n) is 1.57. The van der Waals surface area contributed by atoms with E-state index in [1.165, 1.54) is 5.69 Å². The Bertz CT molecular complexity index is 301. The summed E-state index contributed by atoms with van der Waals surface area (Å²) in [6.07, 6.45) is 0. The minimum absolute atomic E-state index is 0.647. The number of hydrogen-bond donors (Lipinski definition) is 1. The van der Waals surface area contributed by atoms with Gasteiger partial charge in [0, 0.05) is 31.6 Å². The van der Waals surface area contributed by atoms with Gasteiger partial charge >= 0.3 is 0 Å². The molecule has 0 bridgehead atoms. The Morgan fingerprint density at radius 1 is 1.12 bits per heavy atom. The summed E-state index contributed by atoms with van der Waals surface area (Å²) < 4.78 is 10.4. The molecular formula is C13H22N2O2. The van der Waals surface area contributed by atoms with E-state index in [1.807, 2.05) is 24.3 Å². The highest BCUT2D eigenvalue weighted by atomic mass is 16.5. The van der Waals surface area contributed by atoms with Crippen LogP contribution in [0.25, 0.3) is 0 Å². The number of nitrogens with two attached hydrogens (primary N) is 1. The molecular weight excluding hydrogens is 216 g/mol. The van der Waals surface area contributed by atoms with Crippen molar-refractivity contribution >= 4 is 11.4 Å². The summed E-state index contributed by atoms with van der Waals surface area (Å²) in [5, 5.41) is 0. The van der Waals surface area contributed by atoms with Crippen LogP contribution in [0.15, 0.2) is 24.3 Å². The topological polar surface area (TPSA) is 47.7 Å². The molecule has 0 saturated heterocycles. The summed E-state index contributed by atoms with van der Waals surface area (Å²) in [7, 11) is 1.68. The van der Waals surface area contributed by atoms with Gasteiger partial charge in [0.2, 0.25) is 0 Å². The molecule has 1 aromatic carbocycles. The van der Waals surface area contributed by atoms with Crippen molar-refractivity contribution in [1.29, 1.82) is 0 Å². The summed E-state index contributed by atoms with van der Waals surface area (Å²) in [6.45, 7) is 5.97. The molecule has 0 atom stereocenters. The number of ether oxygens (including phenoxy) is 2. The molecule has 17 heavy (non-hydrogen) atoms. The lowest BCUT2D eigenvalue weighted by Gasteiger charge is -2.23. The van der Waals surface area contributed by atoms with Crippen molar-refractivity contribution in [2.45, 2.75) is 6.92 Å². The summed E-state index contributed by atoms with van der Waals surface area (Å²) >= 11 is 0. The van der Waals surface area contributed by atoms with Gasteiger partial charge in [0.05, 0.1) is 19.8 Å². The van der Waals surface area contributed by atoms with E-state index in [1.54, 1.807) is 7.11 Å². The predicted molar refractivity (Wildman–Crippen MR) is 71.4 cm³/mol. The van der Waals surface area contributed by atoms with Gasteiger partial charge in [-0.05, 0) is 31.2 Å². The molecule has 0 aromatic heterocycles. The van der Waals surface area contributed by atoms with E-state index in [-0.39, 0.29) is 0 Å². The van der Waals surface area contributed by atoms with E-state index < -0.39 is 0 Å². The lowest BCUT2D eigenvalue weighted by molar-refractivity contribution is 0.0741. The van der Waals surface area contributed by atoms with Crippen molar-refractivity contribution in [3.05, 3.63) is 24.3 Å². The average molecular weight is 238 g/mol. The molecule has 0 aliphatic heterocycles. The largest absolute Gasteiger partial charge is 0.399 e. The summed E-state index contributed by atoms with van der Waals surface area (Å²) in [4.78, 5) is 2.26. The lowest BCUT2D eigenvalue weighted by atomic mass is 10.2. The van der Waals surface area contributed by atoms with Crippen LogP contribution in [0.3, 0.4) is 0 Å². The minimum Gasteiger partial charge on any atom is -0.399 e. The van der Waals surface area contributed by atoms with Crippen LogP contribution in [-0.4, -0.2) is 40.0 Å². The fraction of sp³-hybridized carbons (Fsp3) is 0.538. The first-order chi connectivity index (χ1) is 8.27. The van der Waals surface area contributed by atoms with E-state index in [4.69, 9.17) is 15.2 Å². The molecule has 0 heterocycles. The third kappa shape index (κ3) is 5.06. The molecule has 0 aliphatic rings. The van der Waals surface area contributed by atoms with Gasteiger partial charge < -0.3 is 20.1 Å². The van der Waals surface area contributed by atoms with Crippen LogP contribution in [0.4, 0.5) is 11.4 Å². The molecule has 2 N–H and O–H groups in total. The number of nitrogen functional groups attached to an aromatic ring is 1. The zero-order chi connectivity index (χ0) is 12.5. The third-order valence-electron chi connectivity index (χ3n) is 2.58. The summed E-state index contributed by atoms with van der Waals surface area (Å²) in [5.74, 6) is 0. The standard InChI is InChI=1S/C13H22N2O2/c1-3-15(8-9-17-11-10-16-2)13-6-4-12(14)5-7-13/h4-7H,3,8-11,14H2,1-2H3. The fourth-order valence-corrected chi connectivity index (χ4v) is 1.57. The second-order valence-corrected chi connectivity index (χ2v) is 3.78. The zero-order valence-electron chi connectivity index (χ0n) is 10.7. The predicted octanol–water partition coefficient (Wildman–Crippen LogP) is 1.76. The van der Waals surface area contributed by atoms with Gasteiger partial charge in [0.25, 0.3) is 0 Å². The van der Waals surface area contributed by atoms with Gasteiger partial charge in [-0.25, -0.2) is 0 Å². The second kappa shape index (κ2) is 7.92. The van der Waals surface area contributed by atoms with Crippen LogP contribution in [0.1, 0.15) is 6.92 Å². The molecule has 0 spiro atoms. The quantitative estimate of drug-likeness (QED) is 0.554. The minimum atomic E-state index is 0.647. The highest BCUT2D eigenvalue weighted by Crippen LogP contribution is 2.15. The highest BCUT2D eigenvalue weighted by Gasteiger charge is 2.03. The number of hydrogen-bond acceptors (Lipinski definition) is 4. The number of benzene rings is 1. The summed E-state index contributed by atoms with van der Waals surface area (Å²) in [5.41, 5.74) is 7.64. The molecule has 0 aliphatic carbocycles. The number of rotatable bonds is 8. The van der Waals surface area contributed by atoms with Crippen molar-refractivity contribution in [1.82, 2.24) is 0 Å². The zero-order valence-corrected chi connectivity index (χ0v) is 10.7. The van der Waals surface area contributed by atoms with Gasteiger partial charge in [-0.2, -0.15) is 0 Å². The Balaban J connectivity index is 2.35. The van der Waals surface area contributed by atoms with E-state index in [2.05, 4.69) is 11.8 Å². The van der Waals surface area contributed by atoms with Crippen LogP contribution in [0.2, 0.25) is 0 Å². The maximum atomic E-state index is 5.67. The van der Waals surface area contributed by atoms with Crippen molar-refractivity contribution < 1.29 is 9.47 Å². The number of likely N-dealkylation sites (N-methyl/N-ethyl adjacent to an activating group) is 1. The van der Waals surface area contributed by atoms with Crippen molar-refractivity contribution in [3.63, 3.8) is 0 Å². The SMILES string of the molecule is CCN(CCOCCOC)c1ccc(N)cc1. The lowest BCUT2D eigenvalue weighted by Crippen LogP contribution is -2.27. The molecule has 1 rings (SSSR count). The molecule has 0 radical (unpaired) electrons. The molecule has 4 heteroatoms. The average Bonchev–Trinajstić information content (AvgIpc) is 2.35. The van der Waals surface area contributed by atoms with Crippen molar-refractivity contribution in [2.24, 2.45) is 0 Å². The van der Waals surface area contributed by atoms with Gasteiger partial charge in [0.15, 0.2) is 0 Å². The van der Waals surface area contributed by atoms with Crippen LogP contribution < -0.4 is 10.6 Å². The molecule has 4 nitrogen and oxygen atoms in total. The Labute approximate surface area is 103 Å². The van der Waals surface area contributed by atoms with Gasteiger partial charge in [-0.1, -0.05) is 0 Å². The molecule has 1 aromatic rings. The van der Waals surface area contributed by atoms with E-state index in [0.717, 1.165) is 18.8 Å². The smallest absolute Gasteiger partial charge is 0.0701 e. The molecule has 0 amide bonds. The van der Waals surface area contributed by atoms with Gasteiger partial charge in [0.1, 0.15) is 0 Å². The Morgan fingerprint density at radius 2 is 1.82 bits per heavy atom. The van der Waals surface area contributed by atoms with Gasteiger partial charge in [-0.15, -0.1) is 0 Å². The maximum Gasteiger partial charge on any atom is 0.0701 e. The van der Waals surface area contributed by atoms with Crippen molar-refractivity contribution in [3.8, 4) is 0 Å². The molecule has 0 fully saturated rings. The van der Waals surface area contributed by atoms with Crippen molar-refractivity contribution in [2.75, 3.05) is 50.7 Å². The first-order valence-electron chi connectivity index (χ1n) is 5.95. The molecule has 96 valence electrons. The van der Waals surface area contributed by atoms with Crippen LogP contribution in [0.5, 0.6) is 0 Å². The number of methoxy groups -OCH3 is 1. The Hall–Kier alpha value is -1.26.